The van der Waals surface area contributed by atoms with Crippen molar-refractivity contribution in [3.8, 4) is 5.75 Å². The van der Waals surface area contributed by atoms with Crippen molar-refractivity contribution >= 4 is 0 Å². The first-order valence-electron chi connectivity index (χ1n) is 4.44. The zero-order chi connectivity index (χ0) is 9.10. The van der Waals surface area contributed by atoms with Crippen LogP contribution in [-0.2, 0) is 6.42 Å². The Morgan fingerprint density at radius 2 is 2.15 bits per heavy atom. The van der Waals surface area contributed by atoms with E-state index in [9.17, 15) is 0 Å². The second-order valence-electron chi connectivity index (χ2n) is 3.27. The summed E-state index contributed by atoms with van der Waals surface area (Å²) in [5.41, 5.74) is 0. The van der Waals surface area contributed by atoms with Gasteiger partial charge in [-0.15, -0.1) is 0 Å². The highest BCUT2D eigenvalue weighted by atomic mass is 16.5. The van der Waals surface area contributed by atoms with Crippen LogP contribution in [0.5, 0.6) is 5.75 Å². The minimum atomic E-state index is 0.716. The summed E-state index contributed by atoms with van der Waals surface area (Å²) in [6.07, 6.45) is 4.40. The molecule has 2 rings (SSSR count). The molecule has 1 fully saturated rings. The average molecular weight is 179 g/mol. The zero-order valence-electron chi connectivity index (χ0n) is 7.66. The monoisotopic (exact) mass is 179 g/mol. The summed E-state index contributed by atoms with van der Waals surface area (Å²) in [4.78, 5) is 8.41. The van der Waals surface area contributed by atoms with Crippen LogP contribution in [0.15, 0.2) is 12.4 Å². The van der Waals surface area contributed by atoms with Gasteiger partial charge in [0, 0.05) is 6.42 Å². The topological polar surface area (TPSA) is 47.0 Å². The van der Waals surface area contributed by atoms with E-state index in [1.807, 2.05) is 0 Å². The number of nitrogens with one attached hydrogen (secondary N) is 1. The maximum Gasteiger partial charge on any atom is 0.155 e. The molecule has 70 valence electrons. The van der Waals surface area contributed by atoms with Crippen LogP contribution in [0, 0.1) is 5.92 Å². The summed E-state index contributed by atoms with van der Waals surface area (Å²) in [6, 6.07) is 0. The molecule has 13 heavy (non-hydrogen) atoms. The van der Waals surface area contributed by atoms with Gasteiger partial charge in [0.05, 0.1) is 19.5 Å². The van der Waals surface area contributed by atoms with E-state index in [2.05, 4.69) is 15.3 Å². The molecule has 0 saturated carbocycles. The van der Waals surface area contributed by atoms with Crippen molar-refractivity contribution in [2.45, 2.75) is 6.42 Å². The van der Waals surface area contributed by atoms with Gasteiger partial charge in [-0.25, -0.2) is 9.97 Å². The Balaban J connectivity index is 1.96. The summed E-state index contributed by atoms with van der Waals surface area (Å²) in [6.45, 7) is 2.19. The Morgan fingerprint density at radius 3 is 2.62 bits per heavy atom. The Hall–Kier alpha value is -1.16. The highest BCUT2D eigenvalue weighted by molar-refractivity contribution is 5.12. The van der Waals surface area contributed by atoms with Gasteiger partial charge in [0.15, 0.2) is 5.75 Å². The van der Waals surface area contributed by atoms with Crippen LogP contribution in [0.25, 0.3) is 0 Å². The number of aromatic nitrogens is 2. The number of methoxy groups -OCH3 is 1. The first kappa shape index (κ1) is 8.44. The highest BCUT2D eigenvalue weighted by Crippen LogP contribution is 2.10. The fourth-order valence-electron chi connectivity index (χ4n) is 1.30. The standard InChI is InChI=1S/C9H13N3O/c1-13-8-5-11-9(12-6-8)2-7-3-10-4-7/h5-7,10H,2-4H2,1H3. The molecule has 4 nitrogen and oxygen atoms in total. The van der Waals surface area contributed by atoms with Gasteiger partial charge in [0.2, 0.25) is 0 Å². The van der Waals surface area contributed by atoms with Crippen molar-refractivity contribution in [1.82, 2.24) is 15.3 Å². The molecule has 0 spiro atoms. The first-order chi connectivity index (χ1) is 6.38. The van der Waals surface area contributed by atoms with Gasteiger partial charge in [-0.1, -0.05) is 0 Å². The third kappa shape index (κ3) is 1.95. The average Bonchev–Trinajstić information content (AvgIpc) is 2.12. The van der Waals surface area contributed by atoms with Gasteiger partial charge in [0.1, 0.15) is 5.82 Å². The normalized spacial score (nSPS) is 16.7. The van der Waals surface area contributed by atoms with E-state index in [1.54, 1.807) is 19.5 Å². The predicted octanol–water partition coefficient (Wildman–Crippen LogP) is 0.247. The lowest BCUT2D eigenvalue weighted by Crippen LogP contribution is -2.43. The van der Waals surface area contributed by atoms with E-state index in [0.29, 0.717) is 5.92 Å². The van der Waals surface area contributed by atoms with Crippen LogP contribution in [0.4, 0.5) is 0 Å². The molecular weight excluding hydrogens is 166 g/mol. The van der Waals surface area contributed by atoms with Crippen LogP contribution in [0.1, 0.15) is 5.82 Å². The predicted molar refractivity (Wildman–Crippen MR) is 48.6 cm³/mol. The molecule has 0 radical (unpaired) electrons. The summed E-state index contributed by atoms with van der Waals surface area (Å²) in [5.74, 6) is 2.34. The SMILES string of the molecule is COc1cnc(CC2CNC2)nc1. The van der Waals surface area contributed by atoms with Crippen LogP contribution in [-0.4, -0.2) is 30.2 Å². The Bertz CT molecular complexity index is 269. The molecule has 1 saturated heterocycles. The molecular formula is C9H13N3O. The highest BCUT2D eigenvalue weighted by Gasteiger charge is 2.17. The van der Waals surface area contributed by atoms with E-state index in [1.165, 1.54) is 0 Å². The number of hydrogen-bond acceptors (Lipinski definition) is 4. The Morgan fingerprint density at radius 1 is 1.46 bits per heavy atom. The molecule has 0 bridgehead atoms. The summed E-state index contributed by atoms with van der Waals surface area (Å²) in [7, 11) is 1.62. The number of ether oxygens (including phenoxy) is 1. The third-order valence-corrected chi connectivity index (χ3v) is 2.25. The lowest BCUT2D eigenvalue weighted by molar-refractivity contribution is 0.340. The van der Waals surface area contributed by atoms with E-state index in [4.69, 9.17) is 4.74 Å². The zero-order valence-corrected chi connectivity index (χ0v) is 7.66. The molecule has 4 heteroatoms. The number of rotatable bonds is 3. The van der Waals surface area contributed by atoms with E-state index in [0.717, 1.165) is 31.1 Å². The van der Waals surface area contributed by atoms with Gasteiger partial charge in [-0.3, -0.25) is 0 Å². The molecule has 0 aromatic carbocycles. The molecule has 1 aliphatic heterocycles. The second-order valence-corrected chi connectivity index (χ2v) is 3.27. The van der Waals surface area contributed by atoms with Gasteiger partial charge < -0.3 is 10.1 Å². The summed E-state index contributed by atoms with van der Waals surface area (Å²) < 4.78 is 4.98. The van der Waals surface area contributed by atoms with Gasteiger partial charge >= 0.3 is 0 Å². The first-order valence-corrected chi connectivity index (χ1v) is 4.44. The maximum atomic E-state index is 4.98. The summed E-state index contributed by atoms with van der Waals surface area (Å²) >= 11 is 0. The van der Waals surface area contributed by atoms with Crippen molar-refractivity contribution in [3.63, 3.8) is 0 Å². The minimum Gasteiger partial charge on any atom is -0.494 e. The smallest absolute Gasteiger partial charge is 0.155 e. The lowest BCUT2D eigenvalue weighted by Gasteiger charge is -2.26. The van der Waals surface area contributed by atoms with Crippen LogP contribution in [0.3, 0.4) is 0 Å². The summed E-state index contributed by atoms with van der Waals surface area (Å²) in [5, 5.41) is 3.22. The molecule has 1 aromatic rings. The largest absolute Gasteiger partial charge is 0.494 e. The van der Waals surface area contributed by atoms with Gasteiger partial charge in [0.25, 0.3) is 0 Å². The van der Waals surface area contributed by atoms with Crippen LogP contribution >= 0.6 is 0 Å². The molecule has 0 unspecified atom stereocenters. The molecule has 1 aromatic heterocycles. The second kappa shape index (κ2) is 3.70. The van der Waals surface area contributed by atoms with E-state index >= 15 is 0 Å². The van der Waals surface area contributed by atoms with Crippen LogP contribution < -0.4 is 10.1 Å². The van der Waals surface area contributed by atoms with Crippen molar-refractivity contribution < 1.29 is 4.74 Å². The molecule has 0 atom stereocenters. The molecule has 0 aliphatic carbocycles. The molecule has 0 amide bonds. The van der Waals surface area contributed by atoms with E-state index < -0.39 is 0 Å². The molecule has 2 heterocycles. The maximum absolute atomic E-state index is 4.98. The number of hydrogen-bond donors (Lipinski definition) is 1. The Kier molecular flexibility index (Phi) is 2.40. The van der Waals surface area contributed by atoms with Crippen molar-refractivity contribution in [2.24, 2.45) is 5.92 Å². The van der Waals surface area contributed by atoms with Crippen molar-refractivity contribution in [1.29, 1.82) is 0 Å². The minimum absolute atomic E-state index is 0.716. The van der Waals surface area contributed by atoms with Crippen molar-refractivity contribution in [3.05, 3.63) is 18.2 Å². The Labute approximate surface area is 77.4 Å². The van der Waals surface area contributed by atoms with E-state index in [-0.39, 0.29) is 0 Å². The van der Waals surface area contributed by atoms with Crippen LogP contribution in [0.2, 0.25) is 0 Å². The third-order valence-electron chi connectivity index (χ3n) is 2.25. The number of nitrogens with zero attached hydrogens (tertiary/aromatic N) is 2. The molecule has 1 aliphatic rings. The van der Waals surface area contributed by atoms with Gasteiger partial charge in [-0.2, -0.15) is 0 Å². The fraction of sp³-hybridized carbons (Fsp3) is 0.556. The van der Waals surface area contributed by atoms with Gasteiger partial charge in [-0.05, 0) is 19.0 Å². The van der Waals surface area contributed by atoms with Crippen molar-refractivity contribution in [2.75, 3.05) is 20.2 Å². The fourth-order valence-corrected chi connectivity index (χ4v) is 1.30. The quantitative estimate of drug-likeness (QED) is 0.722. The lowest BCUT2D eigenvalue weighted by atomic mass is 9.99. The molecule has 1 N–H and O–H groups in total.